The van der Waals surface area contributed by atoms with Crippen molar-refractivity contribution in [2.45, 2.75) is 34.6 Å². The average Bonchev–Trinajstić information content (AvgIpc) is 2.79. The van der Waals surface area contributed by atoms with Gasteiger partial charge in [-0.25, -0.2) is 12.7 Å². The van der Waals surface area contributed by atoms with Crippen LogP contribution in [0.15, 0.2) is 63.9 Å². The molecule has 0 spiro atoms. The number of allylic oxidation sites excluding steroid dienone is 3. The van der Waals surface area contributed by atoms with Gasteiger partial charge < -0.3 is 25.7 Å². The number of rotatable bonds is 4. The predicted octanol–water partition coefficient (Wildman–Crippen LogP) is 4.07. The van der Waals surface area contributed by atoms with Crippen LogP contribution in [0.25, 0.3) is 0 Å². The summed E-state index contributed by atoms with van der Waals surface area (Å²) in [5, 5.41) is 43.3. The van der Waals surface area contributed by atoms with Crippen molar-refractivity contribution in [2.75, 3.05) is 19.0 Å². The Morgan fingerprint density at radius 1 is 0.871 bits per heavy atom. The van der Waals surface area contributed by atoms with E-state index in [0.717, 1.165) is 0 Å². The molecule has 0 saturated heterocycles. The maximum atomic E-state index is 8.03. The van der Waals surface area contributed by atoms with Crippen LogP contribution in [0.3, 0.4) is 0 Å². The fraction of sp³-hybridized carbons (Fsp3) is 0.350. The predicted molar refractivity (Wildman–Crippen MR) is 122 cm³/mol. The van der Waals surface area contributed by atoms with E-state index >= 15 is 0 Å². The van der Waals surface area contributed by atoms with Crippen LogP contribution in [0.4, 0.5) is 5.69 Å². The molecule has 1 rings (SSSR count). The molecule has 1 radical (unpaired) electrons. The molecule has 1 heterocycles. The fourth-order valence-electron chi connectivity index (χ4n) is 1.05. The molecule has 4 N–H and O–H groups in total. The Balaban J connectivity index is -0.000000158. The van der Waals surface area contributed by atoms with E-state index in [1.54, 1.807) is 18.5 Å². The largest absolute Gasteiger partial charge is 0.411 e. The minimum absolute atomic E-state index is 0. The van der Waals surface area contributed by atoms with E-state index in [1.807, 2.05) is 44.1 Å². The summed E-state index contributed by atoms with van der Waals surface area (Å²) >= 11 is 0. The van der Waals surface area contributed by atoms with Crippen LogP contribution in [0.5, 0.6) is 0 Å². The Morgan fingerprint density at radius 2 is 1.19 bits per heavy atom. The van der Waals surface area contributed by atoms with Crippen molar-refractivity contribution in [3.8, 4) is 0 Å². The fourth-order valence-corrected chi connectivity index (χ4v) is 1.05. The van der Waals surface area contributed by atoms with Gasteiger partial charge in [-0.1, -0.05) is 27.5 Å². The molecule has 0 unspecified atom stereocenters. The van der Waals surface area contributed by atoms with Gasteiger partial charge in [0.25, 0.3) is 0 Å². The first-order valence-corrected chi connectivity index (χ1v) is 8.64. The first-order chi connectivity index (χ1) is 14.2. The van der Waals surface area contributed by atoms with Gasteiger partial charge in [0.2, 0.25) is 0 Å². The van der Waals surface area contributed by atoms with Crippen LogP contribution in [0, 0.1) is 6.08 Å². The molecule has 0 aliphatic heterocycles. The number of anilines is 1. The second-order valence-electron chi connectivity index (χ2n) is 5.50. The van der Waals surface area contributed by atoms with Gasteiger partial charge in [0.15, 0.2) is 0 Å². The van der Waals surface area contributed by atoms with E-state index in [0.29, 0.717) is 22.8 Å². The van der Waals surface area contributed by atoms with Gasteiger partial charge >= 0.3 is 0 Å². The second kappa shape index (κ2) is 24.9. The molecule has 0 aliphatic rings. The van der Waals surface area contributed by atoms with E-state index in [1.165, 1.54) is 33.4 Å². The standard InChI is InChI=1S/C7H10N2.C5H7.2C4H8N2O2.Co/c1-9(2)7-3-5-8-6-4-7;1-3-5-4-2;2*1-3(5-7)4(2)6-8;/h3-6H,1-2H3;3-4H,1H2,2H3;2*7-8H,1-2H3;/q;-1;;;/b;;2*5-3+,6-4+;. The summed E-state index contributed by atoms with van der Waals surface area (Å²) in [6.07, 6.45) is 9.76. The van der Waals surface area contributed by atoms with Crippen molar-refractivity contribution in [1.82, 2.24) is 4.98 Å². The molecule has 10 nitrogen and oxygen atoms in total. The molecule has 0 atom stereocenters. The molecule has 0 bridgehead atoms. The molecular formula is C20H33CoN6O4-. The summed E-state index contributed by atoms with van der Waals surface area (Å²) in [6, 6.07) is 3.94. The monoisotopic (exact) mass is 480 g/mol. The maximum Gasteiger partial charge on any atom is 0.101 e. The zero-order valence-electron chi connectivity index (χ0n) is 19.0. The van der Waals surface area contributed by atoms with Crippen molar-refractivity contribution in [1.29, 1.82) is 0 Å². The van der Waals surface area contributed by atoms with Crippen LogP contribution in [0.2, 0.25) is 0 Å². The quantitative estimate of drug-likeness (QED) is 0.168. The topological polar surface area (TPSA) is 146 Å². The molecule has 0 amide bonds. The first-order valence-electron chi connectivity index (χ1n) is 8.64. The van der Waals surface area contributed by atoms with Crippen molar-refractivity contribution in [2.24, 2.45) is 20.6 Å². The molecule has 1 aromatic rings. The van der Waals surface area contributed by atoms with Crippen LogP contribution < -0.4 is 4.90 Å². The molecular weight excluding hydrogens is 447 g/mol. The van der Waals surface area contributed by atoms with Crippen LogP contribution in [0.1, 0.15) is 34.6 Å². The Morgan fingerprint density at radius 3 is 1.32 bits per heavy atom. The third-order valence-electron chi connectivity index (χ3n) is 3.11. The smallest absolute Gasteiger partial charge is 0.101 e. The number of hydrogen-bond donors (Lipinski definition) is 4. The SMILES string of the molecule is C=C[C-]=CC.CC(=N\O)/C(C)=N/O.CC(=N\O)/C(C)=N/O.CN(C)c1ccncc1.[Co]. The molecule has 0 aliphatic carbocycles. The zero-order valence-corrected chi connectivity index (χ0v) is 20.0. The molecule has 0 fully saturated rings. The molecule has 11 heteroatoms. The summed E-state index contributed by atoms with van der Waals surface area (Å²) < 4.78 is 0. The van der Waals surface area contributed by atoms with Gasteiger partial charge in [-0.2, -0.15) is 6.08 Å². The Hall–Kier alpha value is -3.18. The van der Waals surface area contributed by atoms with E-state index in [9.17, 15) is 0 Å². The first kappa shape index (κ1) is 35.3. The van der Waals surface area contributed by atoms with Crippen LogP contribution in [-0.4, -0.2) is 62.8 Å². The number of nitrogens with zero attached hydrogens (tertiary/aromatic N) is 6. The zero-order chi connectivity index (χ0) is 23.9. The van der Waals surface area contributed by atoms with Gasteiger partial charge in [-0.3, -0.25) is 11.1 Å². The summed E-state index contributed by atoms with van der Waals surface area (Å²) in [4.78, 5) is 5.94. The van der Waals surface area contributed by atoms with Crippen molar-refractivity contribution < 1.29 is 37.6 Å². The van der Waals surface area contributed by atoms with Crippen LogP contribution in [-0.2, 0) is 16.8 Å². The molecule has 31 heavy (non-hydrogen) atoms. The summed E-state index contributed by atoms with van der Waals surface area (Å²) in [5.41, 5.74) is 2.44. The van der Waals surface area contributed by atoms with Gasteiger partial charge in [0.1, 0.15) is 22.8 Å². The Bertz CT molecular complexity index is 654. The molecule has 177 valence electrons. The Labute approximate surface area is 194 Å². The summed E-state index contributed by atoms with van der Waals surface area (Å²) in [7, 11) is 4.02. The Kier molecular flexibility index (Phi) is 28.3. The molecule has 0 aromatic carbocycles. The van der Waals surface area contributed by atoms with E-state index < -0.39 is 0 Å². The third kappa shape index (κ3) is 23.0. The van der Waals surface area contributed by atoms with Gasteiger partial charge in [-0.05, 0) is 39.8 Å². The van der Waals surface area contributed by atoms with E-state index in [2.05, 4.69) is 38.3 Å². The summed E-state index contributed by atoms with van der Waals surface area (Å²) in [5.74, 6) is 0. The van der Waals surface area contributed by atoms with Gasteiger partial charge in [0, 0.05) is 49.0 Å². The number of aromatic nitrogens is 1. The van der Waals surface area contributed by atoms with Crippen molar-refractivity contribution in [3.63, 3.8) is 0 Å². The van der Waals surface area contributed by atoms with Crippen LogP contribution >= 0.6 is 0 Å². The summed E-state index contributed by atoms with van der Waals surface area (Å²) in [6.45, 7) is 11.5. The average molecular weight is 480 g/mol. The minimum atomic E-state index is 0. The molecule has 1 aromatic heterocycles. The van der Waals surface area contributed by atoms with Gasteiger partial charge in [0.05, 0.1) is 0 Å². The molecule has 0 saturated carbocycles. The second-order valence-corrected chi connectivity index (χ2v) is 5.50. The van der Waals surface area contributed by atoms with Gasteiger partial charge in [-0.15, -0.1) is 0 Å². The van der Waals surface area contributed by atoms with E-state index in [4.69, 9.17) is 20.8 Å². The van der Waals surface area contributed by atoms with E-state index in [-0.39, 0.29) is 16.8 Å². The number of pyridine rings is 1. The number of oxime groups is 4. The normalized spacial score (nSPS) is 11.5. The van der Waals surface area contributed by atoms with Crippen molar-refractivity contribution >= 4 is 28.5 Å². The maximum absolute atomic E-state index is 8.03. The van der Waals surface area contributed by atoms with Crippen molar-refractivity contribution in [3.05, 3.63) is 49.3 Å². The number of hydrogen-bond acceptors (Lipinski definition) is 10. The minimum Gasteiger partial charge on any atom is -0.411 e. The third-order valence-corrected chi connectivity index (χ3v) is 3.11.